The van der Waals surface area contributed by atoms with E-state index in [-0.39, 0.29) is 5.91 Å². The SMILES string of the molecule is CN=C(NCC(C)N1CCOCC1C)N1CCN(c2cnn(C)c2)C(=O)C1. The number of rotatable bonds is 4. The number of aryl methyl sites for hydroxylation is 1. The lowest BCUT2D eigenvalue weighted by Gasteiger charge is -2.39. The van der Waals surface area contributed by atoms with E-state index < -0.39 is 0 Å². The largest absolute Gasteiger partial charge is 0.379 e. The van der Waals surface area contributed by atoms with Crippen LogP contribution in [-0.2, 0) is 16.6 Å². The lowest BCUT2D eigenvalue weighted by Crippen LogP contribution is -2.57. The third-order valence-electron chi connectivity index (χ3n) is 5.28. The van der Waals surface area contributed by atoms with Gasteiger partial charge in [-0.3, -0.25) is 19.4 Å². The number of ether oxygens (including phenoxy) is 1. The molecule has 1 aromatic rings. The maximum Gasteiger partial charge on any atom is 0.246 e. The first-order chi connectivity index (χ1) is 13.0. The second-order valence-electron chi connectivity index (χ2n) is 7.28. The Labute approximate surface area is 161 Å². The molecule has 0 bridgehead atoms. The smallest absolute Gasteiger partial charge is 0.246 e. The Morgan fingerprint density at radius 2 is 2.26 bits per heavy atom. The minimum atomic E-state index is 0.0621. The number of morpholine rings is 1. The molecule has 9 nitrogen and oxygen atoms in total. The molecule has 150 valence electrons. The van der Waals surface area contributed by atoms with E-state index in [4.69, 9.17) is 4.74 Å². The molecular formula is C18H31N7O2. The van der Waals surface area contributed by atoms with Gasteiger partial charge >= 0.3 is 0 Å². The second kappa shape index (κ2) is 8.71. The van der Waals surface area contributed by atoms with Crippen LogP contribution in [0.3, 0.4) is 0 Å². The van der Waals surface area contributed by atoms with Crippen molar-refractivity contribution in [1.29, 1.82) is 0 Å². The van der Waals surface area contributed by atoms with Crippen LogP contribution in [0.25, 0.3) is 0 Å². The molecule has 27 heavy (non-hydrogen) atoms. The van der Waals surface area contributed by atoms with Crippen LogP contribution in [0.5, 0.6) is 0 Å². The average Bonchev–Trinajstić information content (AvgIpc) is 3.08. The molecule has 0 spiro atoms. The Morgan fingerprint density at radius 3 is 2.89 bits per heavy atom. The van der Waals surface area contributed by atoms with E-state index in [2.05, 4.69) is 34.2 Å². The van der Waals surface area contributed by atoms with Gasteiger partial charge < -0.3 is 19.9 Å². The maximum absolute atomic E-state index is 12.6. The highest BCUT2D eigenvalue weighted by atomic mass is 16.5. The summed E-state index contributed by atoms with van der Waals surface area (Å²) in [5.41, 5.74) is 0.847. The summed E-state index contributed by atoms with van der Waals surface area (Å²) in [6.07, 6.45) is 3.59. The van der Waals surface area contributed by atoms with Crippen molar-refractivity contribution in [3.05, 3.63) is 12.4 Å². The van der Waals surface area contributed by atoms with Crippen molar-refractivity contribution in [2.45, 2.75) is 25.9 Å². The molecule has 2 aliphatic heterocycles. The first kappa shape index (κ1) is 19.6. The molecule has 1 aromatic heterocycles. The van der Waals surface area contributed by atoms with E-state index in [9.17, 15) is 4.79 Å². The number of hydrogen-bond acceptors (Lipinski definition) is 5. The molecule has 2 saturated heterocycles. The highest BCUT2D eigenvalue weighted by molar-refractivity contribution is 5.98. The van der Waals surface area contributed by atoms with E-state index >= 15 is 0 Å². The summed E-state index contributed by atoms with van der Waals surface area (Å²) in [6.45, 7) is 9.40. The average molecular weight is 377 g/mol. The Bertz CT molecular complexity index is 674. The number of amides is 1. The number of carbonyl (C=O) groups is 1. The molecule has 3 rings (SSSR count). The van der Waals surface area contributed by atoms with Crippen molar-refractivity contribution >= 4 is 17.6 Å². The Kier molecular flexibility index (Phi) is 6.33. The van der Waals surface area contributed by atoms with Gasteiger partial charge in [0.1, 0.15) is 6.54 Å². The molecule has 9 heteroatoms. The van der Waals surface area contributed by atoms with Gasteiger partial charge in [-0.15, -0.1) is 0 Å². The molecule has 0 aliphatic carbocycles. The van der Waals surface area contributed by atoms with E-state index in [1.165, 1.54) is 0 Å². The van der Waals surface area contributed by atoms with Crippen LogP contribution < -0.4 is 10.2 Å². The zero-order valence-corrected chi connectivity index (χ0v) is 16.8. The Hall–Kier alpha value is -2.13. The Balaban J connectivity index is 1.53. The number of guanidine groups is 1. The topological polar surface area (TPSA) is 78.2 Å². The fourth-order valence-electron chi connectivity index (χ4n) is 3.76. The Morgan fingerprint density at radius 1 is 1.44 bits per heavy atom. The molecule has 2 unspecified atom stereocenters. The molecule has 2 atom stereocenters. The van der Waals surface area contributed by atoms with Crippen molar-refractivity contribution in [2.24, 2.45) is 12.0 Å². The van der Waals surface area contributed by atoms with Crippen LogP contribution in [0.15, 0.2) is 17.4 Å². The lowest BCUT2D eigenvalue weighted by atomic mass is 10.2. The van der Waals surface area contributed by atoms with Crippen molar-refractivity contribution in [2.75, 3.05) is 57.9 Å². The zero-order valence-electron chi connectivity index (χ0n) is 16.8. The predicted octanol–water partition coefficient (Wildman–Crippen LogP) is -0.247. The minimum Gasteiger partial charge on any atom is -0.379 e. The van der Waals surface area contributed by atoms with Crippen molar-refractivity contribution in [3.8, 4) is 0 Å². The van der Waals surface area contributed by atoms with Gasteiger partial charge in [-0.2, -0.15) is 5.10 Å². The summed E-state index contributed by atoms with van der Waals surface area (Å²) in [4.78, 5) is 23.2. The van der Waals surface area contributed by atoms with Gasteiger partial charge in [-0.05, 0) is 13.8 Å². The molecule has 0 aromatic carbocycles. The number of carbonyl (C=O) groups excluding carboxylic acids is 1. The number of nitrogens with one attached hydrogen (secondary N) is 1. The summed E-state index contributed by atoms with van der Waals surface area (Å²) < 4.78 is 7.23. The number of hydrogen-bond donors (Lipinski definition) is 1. The van der Waals surface area contributed by atoms with E-state index in [1.54, 1.807) is 22.8 Å². The quantitative estimate of drug-likeness (QED) is 0.576. The number of aromatic nitrogens is 2. The van der Waals surface area contributed by atoms with Crippen LogP contribution >= 0.6 is 0 Å². The van der Waals surface area contributed by atoms with E-state index in [1.807, 2.05) is 18.1 Å². The van der Waals surface area contributed by atoms with E-state index in [0.29, 0.717) is 25.2 Å². The summed E-state index contributed by atoms with van der Waals surface area (Å²) in [7, 11) is 3.62. The third-order valence-corrected chi connectivity index (χ3v) is 5.28. The first-order valence-corrected chi connectivity index (χ1v) is 9.57. The minimum absolute atomic E-state index is 0.0621. The molecule has 1 amide bonds. The molecule has 1 N–H and O–H groups in total. The zero-order chi connectivity index (χ0) is 19.4. The van der Waals surface area contributed by atoms with Gasteiger partial charge in [0.15, 0.2) is 5.96 Å². The van der Waals surface area contributed by atoms with Crippen LogP contribution in [0.1, 0.15) is 13.8 Å². The van der Waals surface area contributed by atoms with Crippen molar-refractivity contribution in [1.82, 2.24) is 24.9 Å². The van der Waals surface area contributed by atoms with E-state index in [0.717, 1.165) is 44.5 Å². The van der Waals surface area contributed by atoms with Gasteiger partial charge in [-0.25, -0.2) is 0 Å². The van der Waals surface area contributed by atoms with Crippen molar-refractivity contribution in [3.63, 3.8) is 0 Å². The van der Waals surface area contributed by atoms with Crippen LogP contribution in [0.4, 0.5) is 5.69 Å². The van der Waals surface area contributed by atoms with Gasteiger partial charge in [0.2, 0.25) is 5.91 Å². The second-order valence-corrected chi connectivity index (χ2v) is 7.28. The van der Waals surface area contributed by atoms with Gasteiger partial charge in [-0.1, -0.05) is 0 Å². The fourth-order valence-corrected chi connectivity index (χ4v) is 3.76. The maximum atomic E-state index is 12.6. The molecule has 0 radical (unpaired) electrons. The lowest BCUT2D eigenvalue weighted by molar-refractivity contribution is -0.120. The normalized spacial score (nSPS) is 23.6. The third kappa shape index (κ3) is 4.59. The number of nitrogens with zero attached hydrogens (tertiary/aromatic N) is 6. The fraction of sp³-hybridized carbons (Fsp3) is 0.722. The van der Waals surface area contributed by atoms with Crippen LogP contribution in [0.2, 0.25) is 0 Å². The van der Waals surface area contributed by atoms with Gasteiger partial charge in [0.05, 0.1) is 25.1 Å². The monoisotopic (exact) mass is 377 g/mol. The molecule has 0 saturated carbocycles. The molecule has 2 aliphatic rings. The van der Waals surface area contributed by atoms with Gasteiger partial charge in [0.25, 0.3) is 0 Å². The number of aliphatic imine (C=N–C) groups is 1. The number of piperazine rings is 1. The highest BCUT2D eigenvalue weighted by Gasteiger charge is 2.28. The highest BCUT2D eigenvalue weighted by Crippen LogP contribution is 2.16. The predicted molar refractivity (Wildman–Crippen MR) is 105 cm³/mol. The number of anilines is 1. The van der Waals surface area contributed by atoms with Gasteiger partial charge in [0, 0.05) is 58.6 Å². The molecule has 2 fully saturated rings. The van der Waals surface area contributed by atoms with Crippen LogP contribution in [-0.4, -0.2) is 96.5 Å². The summed E-state index contributed by atoms with van der Waals surface area (Å²) in [5.74, 6) is 0.842. The summed E-state index contributed by atoms with van der Waals surface area (Å²) in [5, 5.41) is 7.60. The standard InChI is InChI=1S/C18H31N7O2/c1-14(24-7-8-27-13-15(24)2)9-20-18(19-3)23-5-6-25(17(26)12-23)16-10-21-22(4)11-16/h10-11,14-15H,5-9,12-13H2,1-4H3,(H,19,20). The molecule has 3 heterocycles. The first-order valence-electron chi connectivity index (χ1n) is 9.57. The van der Waals surface area contributed by atoms with Crippen LogP contribution in [0, 0.1) is 0 Å². The molecular weight excluding hydrogens is 346 g/mol. The summed E-state index contributed by atoms with van der Waals surface area (Å²) >= 11 is 0. The van der Waals surface area contributed by atoms with Crippen molar-refractivity contribution < 1.29 is 9.53 Å². The summed E-state index contributed by atoms with van der Waals surface area (Å²) in [6, 6.07) is 0.787.